The van der Waals surface area contributed by atoms with Crippen LogP contribution in [-0.2, 0) is 6.42 Å². The zero-order chi connectivity index (χ0) is 12.3. The van der Waals surface area contributed by atoms with Gasteiger partial charge in [-0.25, -0.2) is 4.39 Å². The first-order valence-electron chi connectivity index (χ1n) is 5.13. The van der Waals surface area contributed by atoms with Crippen molar-refractivity contribution in [1.82, 2.24) is 15.5 Å². The molecule has 1 aromatic carbocycles. The summed E-state index contributed by atoms with van der Waals surface area (Å²) >= 11 is 4.75. The molecular weight excluding hydrogens is 305 g/mol. The van der Waals surface area contributed by atoms with Gasteiger partial charge in [0, 0.05) is 23.0 Å². The Kier molecular flexibility index (Phi) is 4.20. The summed E-state index contributed by atoms with van der Waals surface area (Å²) in [7, 11) is 1.88. The van der Waals surface area contributed by atoms with E-state index >= 15 is 0 Å². The topological polar surface area (TPSA) is 37.8 Å². The molecule has 0 bridgehead atoms. The number of benzene rings is 1. The minimum absolute atomic E-state index is 0.274. The van der Waals surface area contributed by atoms with Crippen LogP contribution in [0.5, 0.6) is 0 Å². The molecule has 0 atom stereocenters. The highest BCUT2D eigenvalue weighted by Crippen LogP contribution is 2.28. The fourth-order valence-electron chi connectivity index (χ4n) is 1.36. The Bertz CT molecular complexity index is 515. The van der Waals surface area contributed by atoms with Crippen LogP contribution in [0.25, 0.3) is 10.6 Å². The Morgan fingerprint density at radius 3 is 3.00 bits per heavy atom. The predicted molar refractivity (Wildman–Crippen MR) is 70.6 cm³/mol. The molecule has 0 aliphatic rings. The highest BCUT2D eigenvalue weighted by Gasteiger charge is 2.11. The van der Waals surface area contributed by atoms with Gasteiger partial charge in [-0.15, -0.1) is 10.2 Å². The van der Waals surface area contributed by atoms with Crippen LogP contribution in [0.15, 0.2) is 22.7 Å². The molecule has 90 valence electrons. The molecule has 0 aliphatic carbocycles. The van der Waals surface area contributed by atoms with Crippen LogP contribution in [0, 0.1) is 5.82 Å². The summed E-state index contributed by atoms with van der Waals surface area (Å²) < 4.78 is 14.5. The zero-order valence-electron chi connectivity index (χ0n) is 9.20. The lowest BCUT2D eigenvalue weighted by Crippen LogP contribution is -2.09. The molecule has 0 radical (unpaired) electrons. The summed E-state index contributed by atoms with van der Waals surface area (Å²) in [4.78, 5) is 0. The Morgan fingerprint density at radius 1 is 1.41 bits per heavy atom. The number of rotatable bonds is 4. The molecule has 1 heterocycles. The number of nitrogens with one attached hydrogen (secondary N) is 1. The second kappa shape index (κ2) is 5.66. The number of hydrogen-bond acceptors (Lipinski definition) is 4. The van der Waals surface area contributed by atoms with E-state index in [1.54, 1.807) is 12.1 Å². The van der Waals surface area contributed by atoms with Gasteiger partial charge in [0.1, 0.15) is 10.8 Å². The van der Waals surface area contributed by atoms with Gasteiger partial charge in [-0.05, 0) is 25.2 Å². The van der Waals surface area contributed by atoms with Crippen LogP contribution in [0.1, 0.15) is 5.01 Å². The van der Waals surface area contributed by atoms with Crippen LogP contribution >= 0.6 is 27.3 Å². The molecule has 17 heavy (non-hydrogen) atoms. The third-order valence-electron chi connectivity index (χ3n) is 2.21. The summed E-state index contributed by atoms with van der Waals surface area (Å²) in [5, 5.41) is 12.6. The van der Waals surface area contributed by atoms with Gasteiger partial charge < -0.3 is 5.32 Å². The fourth-order valence-corrected chi connectivity index (χ4v) is 2.57. The number of nitrogens with zero attached hydrogens (tertiary/aromatic N) is 2. The molecule has 2 aromatic rings. The van der Waals surface area contributed by atoms with E-state index in [0.717, 1.165) is 22.4 Å². The lowest BCUT2D eigenvalue weighted by atomic mass is 10.2. The van der Waals surface area contributed by atoms with Crippen LogP contribution in [0.3, 0.4) is 0 Å². The monoisotopic (exact) mass is 315 g/mol. The fraction of sp³-hybridized carbons (Fsp3) is 0.273. The van der Waals surface area contributed by atoms with E-state index in [0.29, 0.717) is 10.6 Å². The molecule has 0 spiro atoms. The van der Waals surface area contributed by atoms with Gasteiger partial charge in [0.15, 0.2) is 5.01 Å². The average Bonchev–Trinajstić information content (AvgIpc) is 2.78. The molecule has 1 aromatic heterocycles. The van der Waals surface area contributed by atoms with Crippen LogP contribution in [0.2, 0.25) is 0 Å². The van der Waals surface area contributed by atoms with Gasteiger partial charge in [0.2, 0.25) is 0 Å². The summed E-state index contributed by atoms with van der Waals surface area (Å²) in [6.45, 7) is 0.843. The van der Waals surface area contributed by atoms with Crippen molar-refractivity contribution in [3.05, 3.63) is 33.5 Å². The van der Waals surface area contributed by atoms with Gasteiger partial charge >= 0.3 is 0 Å². The summed E-state index contributed by atoms with van der Waals surface area (Å²) in [6, 6.07) is 4.81. The van der Waals surface area contributed by atoms with Crippen molar-refractivity contribution in [3.8, 4) is 10.6 Å². The third kappa shape index (κ3) is 3.08. The number of halogens is 2. The SMILES string of the molecule is CNCCc1nnc(-c2cc(Br)ccc2F)s1. The Labute approximate surface area is 111 Å². The van der Waals surface area contributed by atoms with Crippen molar-refractivity contribution in [1.29, 1.82) is 0 Å². The van der Waals surface area contributed by atoms with Gasteiger partial charge in [0.25, 0.3) is 0 Å². The van der Waals surface area contributed by atoms with E-state index < -0.39 is 0 Å². The predicted octanol–water partition coefficient (Wildman–Crippen LogP) is 2.87. The third-order valence-corrected chi connectivity index (χ3v) is 3.72. The Hall–Kier alpha value is -0.850. The highest BCUT2D eigenvalue weighted by molar-refractivity contribution is 9.10. The smallest absolute Gasteiger partial charge is 0.150 e. The maximum absolute atomic E-state index is 13.6. The first-order valence-corrected chi connectivity index (χ1v) is 6.74. The molecule has 6 heteroatoms. The second-order valence-corrected chi connectivity index (χ2v) is 5.46. The molecular formula is C11H11BrFN3S. The maximum atomic E-state index is 13.6. The molecule has 0 amide bonds. The second-order valence-electron chi connectivity index (χ2n) is 3.48. The summed E-state index contributed by atoms with van der Waals surface area (Å²) in [5.74, 6) is -0.274. The van der Waals surface area contributed by atoms with E-state index in [1.165, 1.54) is 17.4 Å². The standard InChI is InChI=1S/C11H11BrFN3S/c1-14-5-4-10-15-16-11(17-10)8-6-7(12)2-3-9(8)13/h2-3,6,14H,4-5H2,1H3. The molecule has 0 saturated heterocycles. The molecule has 2 rings (SSSR count). The number of aromatic nitrogens is 2. The van der Waals surface area contributed by atoms with Gasteiger partial charge in [-0.1, -0.05) is 27.3 Å². The normalized spacial score (nSPS) is 10.8. The minimum Gasteiger partial charge on any atom is -0.319 e. The van der Waals surface area contributed by atoms with Crippen LogP contribution < -0.4 is 5.32 Å². The van der Waals surface area contributed by atoms with E-state index in [2.05, 4.69) is 31.4 Å². The first-order chi connectivity index (χ1) is 8.20. The molecule has 0 fully saturated rings. The summed E-state index contributed by atoms with van der Waals surface area (Å²) in [5.41, 5.74) is 0.493. The van der Waals surface area contributed by atoms with Gasteiger partial charge in [0.05, 0.1) is 0 Å². The van der Waals surface area contributed by atoms with Crippen molar-refractivity contribution >= 4 is 27.3 Å². The Balaban J connectivity index is 2.27. The molecule has 3 nitrogen and oxygen atoms in total. The molecule has 0 unspecified atom stereocenters. The van der Waals surface area contributed by atoms with Crippen molar-refractivity contribution in [2.24, 2.45) is 0 Å². The molecule has 0 saturated carbocycles. The van der Waals surface area contributed by atoms with E-state index in [4.69, 9.17) is 0 Å². The van der Waals surface area contributed by atoms with Gasteiger partial charge in [-0.3, -0.25) is 0 Å². The van der Waals surface area contributed by atoms with Crippen molar-refractivity contribution in [3.63, 3.8) is 0 Å². The number of likely N-dealkylation sites (N-methyl/N-ethyl adjacent to an activating group) is 1. The van der Waals surface area contributed by atoms with Crippen molar-refractivity contribution in [2.75, 3.05) is 13.6 Å². The van der Waals surface area contributed by atoms with Gasteiger partial charge in [-0.2, -0.15) is 0 Å². The average molecular weight is 316 g/mol. The Morgan fingerprint density at radius 2 is 2.24 bits per heavy atom. The number of hydrogen-bond donors (Lipinski definition) is 1. The van der Waals surface area contributed by atoms with Crippen LogP contribution in [0.4, 0.5) is 4.39 Å². The highest BCUT2D eigenvalue weighted by atomic mass is 79.9. The summed E-state index contributed by atoms with van der Waals surface area (Å²) in [6.07, 6.45) is 0.809. The molecule has 0 aliphatic heterocycles. The van der Waals surface area contributed by atoms with Crippen molar-refractivity contribution in [2.45, 2.75) is 6.42 Å². The van der Waals surface area contributed by atoms with E-state index in [9.17, 15) is 4.39 Å². The molecule has 1 N–H and O–H groups in total. The maximum Gasteiger partial charge on any atom is 0.150 e. The zero-order valence-corrected chi connectivity index (χ0v) is 11.6. The lowest BCUT2D eigenvalue weighted by Gasteiger charge is -1.98. The lowest BCUT2D eigenvalue weighted by molar-refractivity contribution is 0.630. The van der Waals surface area contributed by atoms with Crippen molar-refractivity contribution < 1.29 is 4.39 Å². The minimum atomic E-state index is -0.274. The quantitative estimate of drug-likeness (QED) is 0.942. The largest absolute Gasteiger partial charge is 0.319 e. The van der Waals surface area contributed by atoms with Crippen LogP contribution in [-0.4, -0.2) is 23.8 Å². The van der Waals surface area contributed by atoms with E-state index in [1.807, 2.05) is 7.05 Å². The first kappa shape index (κ1) is 12.6. The van der Waals surface area contributed by atoms with E-state index in [-0.39, 0.29) is 5.82 Å².